The fourth-order valence-corrected chi connectivity index (χ4v) is 7.11. The van der Waals surface area contributed by atoms with Crippen molar-refractivity contribution in [3.05, 3.63) is 173 Å². The van der Waals surface area contributed by atoms with E-state index in [0.29, 0.717) is 32.3 Å². The van der Waals surface area contributed by atoms with Crippen LogP contribution in [0.2, 0.25) is 0 Å². The topological polar surface area (TPSA) is 46.2 Å². The van der Waals surface area contributed by atoms with Crippen molar-refractivity contribution in [3.8, 4) is 5.75 Å². The van der Waals surface area contributed by atoms with E-state index in [2.05, 4.69) is 104 Å². The van der Waals surface area contributed by atoms with Crippen molar-refractivity contribution in [1.82, 2.24) is 0 Å². The second kappa shape index (κ2) is 15.5. The molecule has 5 nitrogen and oxygen atoms in total. The normalized spacial score (nSPS) is 24.5. The van der Waals surface area contributed by atoms with E-state index in [4.69, 9.17) is 23.7 Å². The third-order valence-electron chi connectivity index (χ3n) is 9.81. The lowest BCUT2D eigenvalue weighted by atomic mass is 9.87. The van der Waals surface area contributed by atoms with Crippen molar-refractivity contribution in [2.45, 2.75) is 76.5 Å². The lowest BCUT2D eigenvalue weighted by molar-refractivity contribution is -0.280. The van der Waals surface area contributed by atoms with Crippen LogP contribution in [0.1, 0.15) is 59.8 Å². The Morgan fingerprint density at radius 3 is 1.67 bits per heavy atom. The summed E-state index contributed by atoms with van der Waals surface area (Å²) in [6.45, 7) is 6.29. The quantitative estimate of drug-likeness (QED) is 0.119. The Morgan fingerprint density at radius 1 is 0.592 bits per heavy atom. The fourth-order valence-electron chi connectivity index (χ4n) is 7.11. The number of ether oxygens (including phenoxy) is 5. The van der Waals surface area contributed by atoms with Crippen LogP contribution in [-0.4, -0.2) is 30.5 Å². The molecule has 6 atom stereocenters. The van der Waals surface area contributed by atoms with Gasteiger partial charge in [-0.25, -0.2) is 0 Å². The van der Waals surface area contributed by atoms with Gasteiger partial charge in [0.2, 0.25) is 0 Å². The van der Waals surface area contributed by atoms with E-state index in [0.717, 1.165) is 40.8 Å². The second-order valence-corrected chi connectivity index (χ2v) is 13.3. The van der Waals surface area contributed by atoms with Crippen LogP contribution in [0.25, 0.3) is 0 Å². The first-order valence-electron chi connectivity index (χ1n) is 17.6. The average Bonchev–Trinajstić information content (AvgIpc) is 3.79. The lowest BCUT2D eigenvalue weighted by Crippen LogP contribution is -2.59. The third kappa shape index (κ3) is 7.98. The number of rotatable bonds is 14. The van der Waals surface area contributed by atoms with Crippen LogP contribution >= 0.6 is 0 Å². The van der Waals surface area contributed by atoms with Gasteiger partial charge >= 0.3 is 0 Å². The van der Waals surface area contributed by atoms with Gasteiger partial charge in [0.1, 0.15) is 35.8 Å². The first-order chi connectivity index (χ1) is 24.1. The number of hydrogen-bond donors (Lipinski definition) is 0. The Morgan fingerprint density at radius 2 is 1.12 bits per heavy atom. The summed E-state index contributed by atoms with van der Waals surface area (Å²) in [5, 5.41) is 0. The summed E-state index contributed by atoms with van der Waals surface area (Å²) in [6, 6.07) is 48.2. The average molecular weight is 655 g/mol. The summed E-state index contributed by atoms with van der Waals surface area (Å²) < 4.78 is 33.7. The molecule has 7 rings (SSSR count). The number of benzene rings is 5. The SMILES string of the molecule is CCOc1ccc(Cc2cccc([C@@H]3OC4(CC4C)[C@@H](OCc4ccccc4)[C@H](OCc4ccccc4)[C@H]3OCc3ccccc3)c2)cc1. The second-order valence-electron chi connectivity index (χ2n) is 13.3. The number of hydrogen-bond acceptors (Lipinski definition) is 5. The van der Waals surface area contributed by atoms with Crippen molar-refractivity contribution >= 4 is 0 Å². The minimum Gasteiger partial charge on any atom is -0.494 e. The lowest BCUT2D eigenvalue weighted by Gasteiger charge is -2.47. The van der Waals surface area contributed by atoms with Gasteiger partial charge in [-0.15, -0.1) is 0 Å². The molecule has 2 unspecified atom stereocenters. The van der Waals surface area contributed by atoms with Crippen molar-refractivity contribution in [1.29, 1.82) is 0 Å². The maximum absolute atomic E-state index is 7.27. The van der Waals surface area contributed by atoms with E-state index in [9.17, 15) is 0 Å². The minimum absolute atomic E-state index is 0.310. The summed E-state index contributed by atoms with van der Waals surface area (Å²) >= 11 is 0. The highest BCUT2D eigenvalue weighted by molar-refractivity contribution is 5.35. The summed E-state index contributed by atoms with van der Waals surface area (Å²) in [6.07, 6.45) is 0.281. The van der Waals surface area contributed by atoms with Gasteiger partial charge in [0.25, 0.3) is 0 Å². The minimum atomic E-state index is -0.474. The molecule has 2 aliphatic rings. The predicted octanol–water partition coefficient (Wildman–Crippen LogP) is 9.28. The molecule has 0 aromatic heterocycles. The zero-order valence-corrected chi connectivity index (χ0v) is 28.4. The van der Waals surface area contributed by atoms with Crippen LogP contribution in [0.5, 0.6) is 5.75 Å². The Kier molecular flexibility index (Phi) is 10.5. The molecule has 1 saturated carbocycles. The van der Waals surface area contributed by atoms with E-state index < -0.39 is 11.7 Å². The standard InChI is InChI=1S/C44H46O5/c1-3-45-39-24-22-33(23-25-39)26-37-20-13-21-38(27-37)40-41(46-29-34-14-7-4-8-15-34)42(47-30-35-16-9-5-10-17-35)43(44(49-40)28-32(44)2)48-31-36-18-11-6-12-19-36/h4-25,27,32,40-43H,3,26,28-31H2,1-2H3/t32?,40-,41-,42+,43-,44?/m0/s1. The molecule has 5 aromatic carbocycles. The smallest absolute Gasteiger partial charge is 0.119 e. The Labute approximate surface area is 290 Å². The molecular formula is C44H46O5. The molecule has 0 bridgehead atoms. The molecule has 1 heterocycles. The Bertz CT molecular complexity index is 1740. The van der Waals surface area contributed by atoms with Crippen molar-refractivity contribution in [2.75, 3.05) is 6.61 Å². The highest BCUT2D eigenvalue weighted by Gasteiger charge is 2.67. The van der Waals surface area contributed by atoms with E-state index in [1.807, 2.05) is 49.4 Å². The van der Waals surface area contributed by atoms with Crippen molar-refractivity contribution in [2.24, 2.45) is 5.92 Å². The Balaban J connectivity index is 1.23. The van der Waals surface area contributed by atoms with Gasteiger partial charge in [-0.2, -0.15) is 0 Å². The van der Waals surface area contributed by atoms with Gasteiger partial charge in [-0.05, 0) is 71.2 Å². The highest BCUT2D eigenvalue weighted by Crippen LogP contribution is 2.58. The summed E-state index contributed by atoms with van der Waals surface area (Å²) in [5.41, 5.74) is 6.41. The maximum atomic E-state index is 7.27. The summed E-state index contributed by atoms with van der Waals surface area (Å²) in [4.78, 5) is 0. The fraction of sp³-hybridized carbons (Fsp3) is 0.318. The first-order valence-corrected chi connectivity index (χ1v) is 17.6. The zero-order valence-electron chi connectivity index (χ0n) is 28.4. The molecule has 5 aromatic rings. The molecule has 2 fully saturated rings. The van der Waals surface area contributed by atoms with Gasteiger partial charge in [-0.3, -0.25) is 0 Å². The third-order valence-corrected chi connectivity index (χ3v) is 9.81. The van der Waals surface area contributed by atoms with Crippen molar-refractivity contribution in [3.63, 3.8) is 0 Å². The molecule has 0 radical (unpaired) electrons. The van der Waals surface area contributed by atoms with Crippen LogP contribution in [0.15, 0.2) is 140 Å². The Hall–Kier alpha value is -4.26. The highest BCUT2D eigenvalue weighted by atomic mass is 16.6. The van der Waals surface area contributed by atoms with E-state index in [1.54, 1.807) is 0 Å². The molecule has 0 amide bonds. The van der Waals surface area contributed by atoms with E-state index in [1.165, 1.54) is 11.1 Å². The summed E-state index contributed by atoms with van der Waals surface area (Å²) in [7, 11) is 0. The summed E-state index contributed by atoms with van der Waals surface area (Å²) in [5.74, 6) is 1.21. The van der Waals surface area contributed by atoms with Gasteiger partial charge in [0, 0.05) is 0 Å². The predicted molar refractivity (Wildman–Crippen MR) is 192 cm³/mol. The van der Waals surface area contributed by atoms with Gasteiger partial charge in [-0.1, -0.05) is 134 Å². The van der Waals surface area contributed by atoms with Crippen molar-refractivity contribution < 1.29 is 23.7 Å². The first kappa shape index (κ1) is 33.2. The van der Waals surface area contributed by atoms with Crippen LogP contribution in [-0.2, 0) is 45.2 Å². The van der Waals surface area contributed by atoms with E-state index >= 15 is 0 Å². The van der Waals surface area contributed by atoms with Crippen LogP contribution in [0.3, 0.4) is 0 Å². The molecule has 1 aliphatic heterocycles. The molecule has 252 valence electrons. The van der Waals surface area contributed by atoms with Gasteiger partial charge in [0.05, 0.1) is 26.4 Å². The van der Waals surface area contributed by atoms with Gasteiger partial charge in [0.15, 0.2) is 0 Å². The largest absolute Gasteiger partial charge is 0.494 e. The monoisotopic (exact) mass is 654 g/mol. The maximum Gasteiger partial charge on any atom is 0.119 e. The molecule has 0 N–H and O–H groups in total. The van der Waals surface area contributed by atoms with Crippen LogP contribution in [0.4, 0.5) is 0 Å². The zero-order chi connectivity index (χ0) is 33.5. The molecule has 1 spiro atoms. The molecular weight excluding hydrogens is 608 g/mol. The molecule has 5 heteroatoms. The van der Waals surface area contributed by atoms with Gasteiger partial charge < -0.3 is 23.7 Å². The molecule has 49 heavy (non-hydrogen) atoms. The van der Waals surface area contributed by atoms with Crippen LogP contribution < -0.4 is 4.74 Å². The van der Waals surface area contributed by atoms with Crippen LogP contribution in [0, 0.1) is 5.92 Å². The molecule has 1 saturated heterocycles. The molecule has 1 aliphatic carbocycles. The van der Waals surface area contributed by atoms with E-state index in [-0.39, 0.29) is 18.3 Å².